The Morgan fingerprint density at radius 2 is 1.95 bits per heavy atom. The van der Waals surface area contributed by atoms with E-state index in [9.17, 15) is 0 Å². The molecule has 3 rings (SSSR count). The highest BCUT2D eigenvalue weighted by molar-refractivity contribution is 6.00. The van der Waals surface area contributed by atoms with Crippen LogP contribution in [0.4, 0.5) is 5.69 Å². The molecule has 4 heteroatoms. The van der Waals surface area contributed by atoms with E-state index in [0.717, 1.165) is 48.9 Å². The van der Waals surface area contributed by atoms with Gasteiger partial charge in [0.2, 0.25) is 0 Å². The summed E-state index contributed by atoms with van der Waals surface area (Å²) in [6.45, 7) is 7.65. The predicted octanol–water partition coefficient (Wildman–Crippen LogP) is 1.81. The lowest BCUT2D eigenvalue weighted by atomic mass is 10.1. The lowest BCUT2D eigenvalue weighted by Crippen LogP contribution is -2.47. The molecular formula is C16H24N4. The van der Waals surface area contributed by atoms with Gasteiger partial charge in [0.25, 0.3) is 0 Å². The molecule has 0 aromatic heterocycles. The second-order valence-corrected chi connectivity index (χ2v) is 6.17. The van der Waals surface area contributed by atoms with Crippen molar-refractivity contribution < 1.29 is 0 Å². The van der Waals surface area contributed by atoms with Crippen LogP contribution in [0.1, 0.15) is 24.0 Å². The van der Waals surface area contributed by atoms with Gasteiger partial charge in [-0.1, -0.05) is 11.6 Å². The Kier molecular flexibility index (Phi) is 3.66. The second-order valence-electron chi connectivity index (χ2n) is 6.17. The SMILES string of the molecule is Cc1ccc(N2CCN(CC3CC3)CC2)c(C(=N)N)c1. The first kappa shape index (κ1) is 13.4. The molecule has 2 aliphatic rings. The van der Waals surface area contributed by atoms with Crippen molar-refractivity contribution in [2.24, 2.45) is 11.7 Å². The number of hydrogen-bond acceptors (Lipinski definition) is 3. The average Bonchev–Trinajstić information content (AvgIpc) is 3.24. The maximum atomic E-state index is 7.77. The molecular weight excluding hydrogens is 248 g/mol. The third-order valence-corrected chi connectivity index (χ3v) is 4.37. The van der Waals surface area contributed by atoms with Crippen LogP contribution < -0.4 is 10.6 Å². The number of benzene rings is 1. The Morgan fingerprint density at radius 1 is 1.25 bits per heavy atom. The summed E-state index contributed by atoms with van der Waals surface area (Å²) in [4.78, 5) is 4.95. The standard InChI is InChI=1S/C16H24N4/c1-12-2-5-15(14(10-12)16(17)18)20-8-6-19(7-9-20)11-13-3-4-13/h2,5,10,13H,3-4,6-9,11H2,1H3,(H3,17,18). The zero-order valence-electron chi connectivity index (χ0n) is 12.2. The number of hydrogen-bond donors (Lipinski definition) is 2. The molecule has 4 nitrogen and oxygen atoms in total. The second kappa shape index (κ2) is 5.44. The fourth-order valence-electron chi connectivity index (χ4n) is 2.98. The van der Waals surface area contributed by atoms with Gasteiger partial charge in [-0.05, 0) is 37.8 Å². The van der Waals surface area contributed by atoms with Crippen molar-refractivity contribution in [1.29, 1.82) is 5.41 Å². The number of amidine groups is 1. The molecule has 0 atom stereocenters. The fraction of sp³-hybridized carbons (Fsp3) is 0.562. The van der Waals surface area contributed by atoms with Crippen LogP contribution in [0.25, 0.3) is 0 Å². The van der Waals surface area contributed by atoms with Crippen molar-refractivity contribution in [2.45, 2.75) is 19.8 Å². The lowest BCUT2D eigenvalue weighted by molar-refractivity contribution is 0.248. The Labute approximate surface area is 121 Å². The van der Waals surface area contributed by atoms with Crippen LogP contribution in [0.5, 0.6) is 0 Å². The molecule has 1 aliphatic carbocycles. The van der Waals surface area contributed by atoms with Gasteiger partial charge in [-0.15, -0.1) is 0 Å². The number of anilines is 1. The van der Waals surface area contributed by atoms with Crippen LogP contribution in [0.2, 0.25) is 0 Å². The molecule has 0 spiro atoms. The Bertz CT molecular complexity index is 499. The molecule has 1 saturated heterocycles. The van der Waals surface area contributed by atoms with E-state index in [4.69, 9.17) is 11.1 Å². The minimum Gasteiger partial charge on any atom is -0.384 e. The molecule has 3 N–H and O–H groups in total. The molecule has 2 fully saturated rings. The van der Waals surface area contributed by atoms with E-state index in [-0.39, 0.29) is 5.84 Å². The summed E-state index contributed by atoms with van der Waals surface area (Å²) in [5, 5.41) is 7.77. The predicted molar refractivity (Wildman–Crippen MR) is 83.6 cm³/mol. The van der Waals surface area contributed by atoms with Gasteiger partial charge in [0.15, 0.2) is 0 Å². The third-order valence-electron chi connectivity index (χ3n) is 4.37. The van der Waals surface area contributed by atoms with Crippen LogP contribution in [0, 0.1) is 18.3 Å². The van der Waals surface area contributed by atoms with Gasteiger partial charge in [0, 0.05) is 44.0 Å². The number of nitrogen functional groups attached to an aromatic ring is 1. The summed E-state index contributed by atoms with van der Waals surface area (Å²) < 4.78 is 0. The highest BCUT2D eigenvalue weighted by Crippen LogP contribution is 2.30. The molecule has 0 unspecified atom stereocenters. The number of rotatable bonds is 4. The van der Waals surface area contributed by atoms with Crippen molar-refractivity contribution >= 4 is 11.5 Å². The van der Waals surface area contributed by atoms with Gasteiger partial charge >= 0.3 is 0 Å². The van der Waals surface area contributed by atoms with E-state index in [1.807, 2.05) is 13.0 Å². The van der Waals surface area contributed by atoms with Crippen LogP contribution in [-0.4, -0.2) is 43.5 Å². The fourth-order valence-corrected chi connectivity index (χ4v) is 2.98. The summed E-state index contributed by atoms with van der Waals surface area (Å²) in [5.41, 5.74) is 8.89. The Balaban J connectivity index is 1.69. The minimum atomic E-state index is 0.170. The summed E-state index contributed by atoms with van der Waals surface area (Å²) in [6, 6.07) is 6.25. The Hall–Kier alpha value is -1.55. The van der Waals surface area contributed by atoms with E-state index in [0.29, 0.717) is 0 Å². The molecule has 0 bridgehead atoms. The van der Waals surface area contributed by atoms with Crippen molar-refractivity contribution in [2.75, 3.05) is 37.6 Å². The first-order valence-electron chi connectivity index (χ1n) is 7.56. The largest absolute Gasteiger partial charge is 0.384 e. The van der Waals surface area contributed by atoms with E-state index in [1.54, 1.807) is 0 Å². The van der Waals surface area contributed by atoms with Crippen molar-refractivity contribution in [3.63, 3.8) is 0 Å². The summed E-state index contributed by atoms with van der Waals surface area (Å²) in [6.07, 6.45) is 2.85. The number of piperazine rings is 1. The zero-order chi connectivity index (χ0) is 14.1. The monoisotopic (exact) mass is 272 g/mol. The van der Waals surface area contributed by atoms with E-state index < -0.39 is 0 Å². The maximum absolute atomic E-state index is 7.77. The quantitative estimate of drug-likeness (QED) is 0.649. The molecule has 0 amide bonds. The summed E-state index contributed by atoms with van der Waals surface area (Å²) in [5.74, 6) is 1.14. The van der Waals surface area contributed by atoms with Crippen LogP contribution in [0.3, 0.4) is 0 Å². The first-order valence-corrected chi connectivity index (χ1v) is 7.56. The molecule has 1 aromatic rings. The summed E-state index contributed by atoms with van der Waals surface area (Å²) >= 11 is 0. The number of nitrogens with one attached hydrogen (secondary N) is 1. The number of nitrogens with zero attached hydrogens (tertiary/aromatic N) is 2. The average molecular weight is 272 g/mol. The molecule has 20 heavy (non-hydrogen) atoms. The van der Waals surface area contributed by atoms with Crippen LogP contribution in [0.15, 0.2) is 18.2 Å². The van der Waals surface area contributed by atoms with Gasteiger partial charge in [-0.3, -0.25) is 10.3 Å². The molecule has 1 saturated carbocycles. The molecule has 1 heterocycles. The third kappa shape index (κ3) is 2.96. The first-order chi connectivity index (χ1) is 9.63. The van der Waals surface area contributed by atoms with Gasteiger partial charge in [0.05, 0.1) is 0 Å². The molecule has 0 radical (unpaired) electrons. The molecule has 1 aliphatic heterocycles. The van der Waals surface area contributed by atoms with Gasteiger partial charge in [-0.25, -0.2) is 0 Å². The van der Waals surface area contributed by atoms with Gasteiger partial charge in [0.1, 0.15) is 5.84 Å². The van der Waals surface area contributed by atoms with Gasteiger partial charge < -0.3 is 10.6 Å². The lowest BCUT2D eigenvalue weighted by Gasteiger charge is -2.37. The molecule has 1 aromatic carbocycles. The smallest absolute Gasteiger partial charge is 0.124 e. The number of aryl methyl sites for hydroxylation is 1. The minimum absolute atomic E-state index is 0.170. The highest BCUT2D eigenvalue weighted by Gasteiger charge is 2.27. The topological polar surface area (TPSA) is 56.4 Å². The van der Waals surface area contributed by atoms with E-state index >= 15 is 0 Å². The zero-order valence-corrected chi connectivity index (χ0v) is 12.2. The van der Waals surface area contributed by atoms with E-state index in [2.05, 4.69) is 21.9 Å². The summed E-state index contributed by atoms with van der Waals surface area (Å²) in [7, 11) is 0. The highest BCUT2D eigenvalue weighted by atomic mass is 15.3. The van der Waals surface area contributed by atoms with Crippen LogP contribution >= 0.6 is 0 Å². The van der Waals surface area contributed by atoms with E-state index in [1.165, 1.54) is 19.4 Å². The normalized spacial score (nSPS) is 20.1. The van der Waals surface area contributed by atoms with Crippen molar-refractivity contribution in [3.8, 4) is 0 Å². The Morgan fingerprint density at radius 3 is 2.55 bits per heavy atom. The van der Waals surface area contributed by atoms with Gasteiger partial charge in [-0.2, -0.15) is 0 Å². The van der Waals surface area contributed by atoms with Crippen molar-refractivity contribution in [3.05, 3.63) is 29.3 Å². The van der Waals surface area contributed by atoms with Crippen LogP contribution in [-0.2, 0) is 0 Å². The van der Waals surface area contributed by atoms with Crippen molar-refractivity contribution in [1.82, 2.24) is 4.90 Å². The number of nitrogens with two attached hydrogens (primary N) is 1. The molecule has 108 valence electrons. The maximum Gasteiger partial charge on any atom is 0.124 e.